The Morgan fingerprint density at radius 1 is 1.09 bits per heavy atom. The standard InChI is InChI=1S/C23H26N6O4/c1-5-27(6-2)23(31)18-15-24-28(17-10-8-7-9-11-17)21(18)25-22(30)16-12-13-19(26(3)4)20(14-16)29(32)33/h7-15H,5-6H2,1-4H3,(H,25,30). The van der Waals surface area contributed by atoms with Gasteiger partial charge < -0.3 is 15.1 Å². The maximum Gasteiger partial charge on any atom is 0.293 e. The quantitative estimate of drug-likeness (QED) is 0.414. The van der Waals surface area contributed by atoms with Gasteiger partial charge in [-0.05, 0) is 38.1 Å². The molecule has 0 aliphatic heterocycles. The van der Waals surface area contributed by atoms with Crippen molar-refractivity contribution in [2.75, 3.05) is 37.4 Å². The van der Waals surface area contributed by atoms with Crippen molar-refractivity contribution in [3.63, 3.8) is 0 Å². The Labute approximate surface area is 191 Å². The summed E-state index contributed by atoms with van der Waals surface area (Å²) in [7, 11) is 3.37. The minimum absolute atomic E-state index is 0.0920. The van der Waals surface area contributed by atoms with Gasteiger partial charge in [0.25, 0.3) is 17.5 Å². The second kappa shape index (κ2) is 9.94. The lowest BCUT2D eigenvalue weighted by Gasteiger charge is -2.19. The smallest absolute Gasteiger partial charge is 0.293 e. The second-order valence-electron chi connectivity index (χ2n) is 7.44. The number of amides is 2. The van der Waals surface area contributed by atoms with E-state index >= 15 is 0 Å². The maximum absolute atomic E-state index is 13.1. The van der Waals surface area contributed by atoms with Gasteiger partial charge in [0, 0.05) is 38.8 Å². The molecule has 0 aliphatic carbocycles. The Kier molecular flexibility index (Phi) is 7.07. The fourth-order valence-electron chi connectivity index (χ4n) is 3.44. The summed E-state index contributed by atoms with van der Waals surface area (Å²) < 4.78 is 1.47. The number of nitrogens with one attached hydrogen (secondary N) is 1. The molecule has 3 rings (SSSR count). The summed E-state index contributed by atoms with van der Waals surface area (Å²) >= 11 is 0. The number of aromatic nitrogens is 2. The Hall–Kier alpha value is -4.21. The van der Waals surface area contributed by atoms with E-state index < -0.39 is 10.8 Å². The average Bonchev–Trinajstić information content (AvgIpc) is 3.23. The Morgan fingerprint density at radius 3 is 2.33 bits per heavy atom. The van der Waals surface area contributed by atoms with Gasteiger partial charge >= 0.3 is 0 Å². The highest BCUT2D eigenvalue weighted by molar-refractivity contribution is 6.09. The van der Waals surface area contributed by atoms with E-state index in [0.717, 1.165) is 0 Å². The van der Waals surface area contributed by atoms with Crippen LogP contribution in [0.3, 0.4) is 0 Å². The maximum atomic E-state index is 13.1. The number of nitro groups is 1. The van der Waals surface area contributed by atoms with Crippen LogP contribution >= 0.6 is 0 Å². The predicted octanol–water partition coefficient (Wildman–Crippen LogP) is 3.58. The Balaban J connectivity index is 2.05. The lowest BCUT2D eigenvalue weighted by molar-refractivity contribution is -0.384. The molecule has 0 radical (unpaired) electrons. The highest BCUT2D eigenvalue weighted by atomic mass is 16.6. The fourth-order valence-corrected chi connectivity index (χ4v) is 3.44. The fraction of sp³-hybridized carbons (Fsp3) is 0.261. The average molecular weight is 450 g/mol. The van der Waals surface area contributed by atoms with Crippen LogP contribution in [0.5, 0.6) is 0 Å². The summed E-state index contributed by atoms with van der Waals surface area (Å²) in [6.07, 6.45) is 1.42. The summed E-state index contributed by atoms with van der Waals surface area (Å²) in [6.45, 7) is 4.73. The number of rotatable bonds is 8. The van der Waals surface area contributed by atoms with Crippen molar-refractivity contribution in [2.45, 2.75) is 13.8 Å². The van der Waals surface area contributed by atoms with Crippen LogP contribution in [0.25, 0.3) is 5.69 Å². The highest BCUT2D eigenvalue weighted by Gasteiger charge is 2.25. The van der Waals surface area contributed by atoms with E-state index in [1.165, 1.54) is 29.1 Å². The van der Waals surface area contributed by atoms with Crippen molar-refractivity contribution in [3.8, 4) is 5.69 Å². The first kappa shape index (κ1) is 23.5. The first-order valence-electron chi connectivity index (χ1n) is 10.5. The van der Waals surface area contributed by atoms with Crippen LogP contribution < -0.4 is 10.2 Å². The van der Waals surface area contributed by atoms with E-state index in [-0.39, 0.29) is 28.5 Å². The van der Waals surface area contributed by atoms with Gasteiger partial charge in [0.2, 0.25) is 0 Å². The number of nitrogens with zero attached hydrogens (tertiary/aromatic N) is 5. The third-order valence-corrected chi connectivity index (χ3v) is 5.20. The molecule has 0 atom stereocenters. The molecule has 1 N–H and O–H groups in total. The largest absolute Gasteiger partial charge is 0.372 e. The summed E-state index contributed by atoms with van der Waals surface area (Å²) in [5.41, 5.74) is 1.16. The van der Waals surface area contributed by atoms with Gasteiger partial charge in [0.1, 0.15) is 17.1 Å². The van der Waals surface area contributed by atoms with Gasteiger partial charge in [0.15, 0.2) is 0 Å². The predicted molar refractivity (Wildman–Crippen MR) is 126 cm³/mol. The zero-order valence-corrected chi connectivity index (χ0v) is 19.0. The van der Waals surface area contributed by atoms with Gasteiger partial charge in [-0.15, -0.1) is 0 Å². The van der Waals surface area contributed by atoms with Crippen molar-refractivity contribution in [2.24, 2.45) is 0 Å². The molecule has 0 saturated heterocycles. The molecule has 0 unspecified atom stereocenters. The van der Waals surface area contributed by atoms with Crippen LogP contribution in [0.15, 0.2) is 54.7 Å². The molecule has 1 aromatic heterocycles. The van der Waals surface area contributed by atoms with Crippen LogP contribution in [-0.2, 0) is 0 Å². The number of hydrogen-bond acceptors (Lipinski definition) is 6. The van der Waals surface area contributed by atoms with Crippen LogP contribution in [0.1, 0.15) is 34.6 Å². The number of nitro benzene ring substituents is 1. The molecular formula is C23H26N6O4. The summed E-state index contributed by atoms with van der Waals surface area (Å²) in [6, 6.07) is 13.3. The van der Waals surface area contributed by atoms with Crippen molar-refractivity contribution < 1.29 is 14.5 Å². The van der Waals surface area contributed by atoms with Gasteiger partial charge in [-0.25, -0.2) is 4.68 Å². The SMILES string of the molecule is CCN(CC)C(=O)c1cnn(-c2ccccc2)c1NC(=O)c1ccc(N(C)C)c([N+](=O)[O-])c1. The topological polar surface area (TPSA) is 114 Å². The number of benzene rings is 2. The molecule has 10 nitrogen and oxygen atoms in total. The number of anilines is 2. The second-order valence-corrected chi connectivity index (χ2v) is 7.44. The van der Waals surface area contributed by atoms with E-state index in [1.807, 2.05) is 32.0 Å². The minimum Gasteiger partial charge on any atom is -0.372 e. The molecule has 1 heterocycles. The van der Waals surface area contributed by atoms with E-state index in [1.54, 1.807) is 36.0 Å². The molecule has 0 fully saturated rings. The van der Waals surface area contributed by atoms with Crippen molar-refractivity contribution >= 4 is 29.0 Å². The highest BCUT2D eigenvalue weighted by Crippen LogP contribution is 2.29. The van der Waals surface area contributed by atoms with Crippen LogP contribution in [-0.4, -0.2) is 58.6 Å². The van der Waals surface area contributed by atoms with Crippen LogP contribution in [0.2, 0.25) is 0 Å². The zero-order valence-electron chi connectivity index (χ0n) is 19.0. The third-order valence-electron chi connectivity index (χ3n) is 5.20. The molecule has 33 heavy (non-hydrogen) atoms. The van der Waals surface area contributed by atoms with Crippen molar-refractivity contribution in [3.05, 3.63) is 76.0 Å². The van der Waals surface area contributed by atoms with Gasteiger partial charge in [-0.2, -0.15) is 5.10 Å². The lowest BCUT2D eigenvalue weighted by Crippen LogP contribution is -2.31. The number of carbonyl (C=O) groups is 2. The van der Waals surface area contributed by atoms with Crippen LogP contribution in [0, 0.1) is 10.1 Å². The van der Waals surface area contributed by atoms with Crippen LogP contribution in [0.4, 0.5) is 17.2 Å². The van der Waals surface area contributed by atoms with Gasteiger partial charge in [0.05, 0.1) is 16.8 Å². The number of para-hydroxylation sites is 1. The lowest BCUT2D eigenvalue weighted by atomic mass is 10.1. The number of hydrogen-bond donors (Lipinski definition) is 1. The normalized spacial score (nSPS) is 10.5. The van der Waals surface area contributed by atoms with E-state index in [4.69, 9.17) is 0 Å². The minimum atomic E-state index is -0.588. The first-order chi connectivity index (χ1) is 15.8. The molecule has 0 spiro atoms. The summed E-state index contributed by atoms with van der Waals surface area (Å²) in [4.78, 5) is 40.4. The van der Waals surface area contributed by atoms with Crippen molar-refractivity contribution in [1.29, 1.82) is 0 Å². The van der Waals surface area contributed by atoms with E-state index in [9.17, 15) is 19.7 Å². The third kappa shape index (κ3) is 4.84. The first-order valence-corrected chi connectivity index (χ1v) is 10.5. The molecule has 2 aromatic carbocycles. The molecule has 0 aliphatic rings. The molecular weight excluding hydrogens is 424 g/mol. The molecule has 2 amide bonds. The molecule has 10 heteroatoms. The van der Waals surface area contributed by atoms with E-state index in [2.05, 4.69) is 10.4 Å². The van der Waals surface area contributed by atoms with Gasteiger partial charge in [-0.3, -0.25) is 19.7 Å². The molecule has 3 aromatic rings. The summed E-state index contributed by atoms with van der Waals surface area (Å²) in [5.74, 6) is -0.663. The monoisotopic (exact) mass is 450 g/mol. The van der Waals surface area contributed by atoms with Gasteiger partial charge in [-0.1, -0.05) is 18.2 Å². The molecule has 172 valence electrons. The molecule has 0 bridgehead atoms. The Morgan fingerprint density at radius 2 is 1.76 bits per heavy atom. The van der Waals surface area contributed by atoms with Crippen molar-refractivity contribution in [1.82, 2.24) is 14.7 Å². The van der Waals surface area contributed by atoms with E-state index in [0.29, 0.717) is 24.5 Å². The number of carbonyl (C=O) groups excluding carboxylic acids is 2. The molecule has 0 saturated carbocycles. The zero-order chi connectivity index (χ0) is 24.1. The Bertz CT molecular complexity index is 1170. The summed E-state index contributed by atoms with van der Waals surface area (Å²) in [5, 5.41) is 18.6.